The van der Waals surface area contributed by atoms with Crippen molar-refractivity contribution < 1.29 is 14.0 Å². The van der Waals surface area contributed by atoms with Gasteiger partial charge in [0.15, 0.2) is 0 Å². The van der Waals surface area contributed by atoms with Crippen molar-refractivity contribution in [2.45, 2.75) is 38.3 Å². The Morgan fingerprint density at radius 1 is 1.00 bits per heavy atom. The van der Waals surface area contributed by atoms with E-state index in [9.17, 15) is 14.0 Å². The number of carbonyl (C=O) groups excluding carboxylic acids is 2. The van der Waals surface area contributed by atoms with Crippen LogP contribution in [0.4, 0.5) is 14.9 Å². The number of hydrogen-bond acceptors (Lipinski definition) is 3. The van der Waals surface area contributed by atoms with Gasteiger partial charge in [-0.2, -0.15) is 0 Å². The van der Waals surface area contributed by atoms with Crippen LogP contribution in [0.15, 0.2) is 54.6 Å². The highest BCUT2D eigenvalue weighted by Crippen LogP contribution is 2.26. The van der Waals surface area contributed by atoms with E-state index in [4.69, 9.17) is 0 Å². The number of nitrogens with zero attached hydrogens (tertiary/aromatic N) is 2. The Kier molecular flexibility index (Phi) is 7.37. The monoisotopic (exact) mass is 438 g/mol. The van der Waals surface area contributed by atoms with Crippen molar-refractivity contribution in [2.75, 3.05) is 31.5 Å². The van der Waals surface area contributed by atoms with Crippen LogP contribution in [0.5, 0.6) is 0 Å². The van der Waals surface area contributed by atoms with Crippen molar-refractivity contribution in [1.29, 1.82) is 0 Å². The topological polar surface area (TPSA) is 64.7 Å². The molecule has 4 rings (SSSR count). The summed E-state index contributed by atoms with van der Waals surface area (Å²) in [5.74, 6) is 0.169. The summed E-state index contributed by atoms with van der Waals surface area (Å²) in [6.45, 7) is 3.19. The van der Waals surface area contributed by atoms with E-state index in [1.807, 2.05) is 35.2 Å². The first-order chi connectivity index (χ1) is 15.6. The lowest BCUT2D eigenvalue weighted by Crippen LogP contribution is -2.53. The number of piperazine rings is 1. The van der Waals surface area contributed by atoms with Crippen molar-refractivity contribution >= 4 is 17.6 Å². The second-order valence-corrected chi connectivity index (χ2v) is 8.79. The van der Waals surface area contributed by atoms with Crippen LogP contribution in [0, 0.1) is 11.7 Å². The number of para-hydroxylation sites is 1. The van der Waals surface area contributed by atoms with Gasteiger partial charge >= 0.3 is 6.03 Å². The van der Waals surface area contributed by atoms with Crippen molar-refractivity contribution in [3.05, 3.63) is 66.0 Å². The Hall–Kier alpha value is -2.93. The quantitative estimate of drug-likeness (QED) is 0.720. The molecule has 1 saturated heterocycles. The van der Waals surface area contributed by atoms with E-state index in [0.717, 1.165) is 50.0 Å². The van der Waals surface area contributed by atoms with Crippen LogP contribution in [0.2, 0.25) is 0 Å². The summed E-state index contributed by atoms with van der Waals surface area (Å²) in [6.07, 6.45) is 4.28. The highest BCUT2D eigenvalue weighted by molar-refractivity contribution is 5.89. The molecule has 1 heterocycles. The summed E-state index contributed by atoms with van der Waals surface area (Å²) in [5, 5.41) is 6.07. The number of hydrogen-bond donors (Lipinski definition) is 2. The van der Waals surface area contributed by atoms with Gasteiger partial charge in [0.25, 0.3) is 0 Å². The first-order valence-electron chi connectivity index (χ1n) is 11.4. The summed E-state index contributed by atoms with van der Waals surface area (Å²) >= 11 is 0. The second kappa shape index (κ2) is 10.6. The Labute approximate surface area is 188 Å². The highest BCUT2D eigenvalue weighted by atomic mass is 19.1. The Bertz CT molecular complexity index is 906. The van der Waals surface area contributed by atoms with E-state index in [-0.39, 0.29) is 23.8 Å². The third kappa shape index (κ3) is 6.07. The van der Waals surface area contributed by atoms with Crippen molar-refractivity contribution in [3.8, 4) is 0 Å². The van der Waals surface area contributed by atoms with Gasteiger partial charge in [0.2, 0.25) is 5.91 Å². The molecule has 2 aromatic carbocycles. The summed E-state index contributed by atoms with van der Waals surface area (Å²) in [5.41, 5.74) is 1.72. The third-order valence-electron chi connectivity index (χ3n) is 6.43. The maximum atomic E-state index is 13.1. The maximum Gasteiger partial charge on any atom is 0.319 e. The molecule has 2 aliphatic rings. The molecule has 6 nitrogen and oxygen atoms in total. The lowest BCUT2D eigenvalue weighted by Gasteiger charge is -2.39. The predicted molar refractivity (Wildman–Crippen MR) is 123 cm³/mol. The van der Waals surface area contributed by atoms with Gasteiger partial charge < -0.3 is 15.5 Å². The standard InChI is InChI=1S/C25H31FN4O2/c26-21-12-10-19(11-13-21)16-30-15-14-29(18-24(30)31)17-20-6-4-5-9-23(20)28-25(32)27-22-7-2-1-3-8-22/h1-3,7-8,10-13,20,23H,4-6,9,14-18H2,(H2,27,28,32)/t20-,23+/m0/s1. The molecular weight excluding hydrogens is 407 g/mol. The third-order valence-corrected chi connectivity index (χ3v) is 6.43. The van der Waals surface area contributed by atoms with E-state index < -0.39 is 0 Å². The molecule has 32 heavy (non-hydrogen) atoms. The molecule has 0 bridgehead atoms. The smallest absolute Gasteiger partial charge is 0.319 e. The molecule has 2 fully saturated rings. The number of urea groups is 1. The van der Waals surface area contributed by atoms with Crippen LogP contribution < -0.4 is 10.6 Å². The minimum atomic E-state index is -0.266. The average molecular weight is 439 g/mol. The van der Waals surface area contributed by atoms with E-state index >= 15 is 0 Å². The molecule has 170 valence electrons. The first kappa shape index (κ1) is 22.3. The molecule has 3 amide bonds. The van der Waals surface area contributed by atoms with Gasteiger partial charge in [-0.3, -0.25) is 9.69 Å². The summed E-state index contributed by atoms with van der Waals surface area (Å²) in [4.78, 5) is 29.3. The van der Waals surface area contributed by atoms with Crippen LogP contribution in [0.25, 0.3) is 0 Å². The van der Waals surface area contributed by atoms with E-state index in [0.29, 0.717) is 25.6 Å². The molecule has 2 atom stereocenters. The summed E-state index contributed by atoms with van der Waals surface area (Å²) < 4.78 is 13.1. The van der Waals surface area contributed by atoms with E-state index in [1.54, 1.807) is 12.1 Å². The van der Waals surface area contributed by atoms with Gasteiger partial charge in [-0.1, -0.05) is 43.2 Å². The molecule has 2 N–H and O–H groups in total. The molecule has 0 unspecified atom stereocenters. The van der Waals surface area contributed by atoms with Crippen molar-refractivity contribution in [2.24, 2.45) is 5.92 Å². The minimum Gasteiger partial charge on any atom is -0.336 e. The summed E-state index contributed by atoms with van der Waals surface area (Å²) in [6, 6.07) is 15.7. The normalized spacial score (nSPS) is 21.9. The molecular formula is C25H31FN4O2. The zero-order valence-corrected chi connectivity index (χ0v) is 18.3. The Morgan fingerprint density at radius 3 is 2.50 bits per heavy atom. The Balaban J connectivity index is 1.28. The van der Waals surface area contributed by atoms with Gasteiger partial charge in [0.05, 0.1) is 6.54 Å². The van der Waals surface area contributed by atoms with Crippen LogP contribution in [0.3, 0.4) is 0 Å². The van der Waals surface area contributed by atoms with Crippen molar-refractivity contribution in [3.63, 3.8) is 0 Å². The minimum absolute atomic E-state index is 0.0997. The zero-order chi connectivity index (χ0) is 22.3. The van der Waals surface area contributed by atoms with Gasteiger partial charge in [0.1, 0.15) is 5.82 Å². The van der Waals surface area contributed by atoms with Gasteiger partial charge in [0, 0.05) is 37.9 Å². The fraction of sp³-hybridized carbons (Fsp3) is 0.440. The number of amides is 3. The van der Waals surface area contributed by atoms with Crippen LogP contribution in [-0.2, 0) is 11.3 Å². The molecule has 0 radical (unpaired) electrons. The lowest BCUT2D eigenvalue weighted by molar-refractivity contribution is -0.137. The molecule has 1 aliphatic heterocycles. The Morgan fingerprint density at radius 2 is 1.75 bits per heavy atom. The number of halogens is 1. The SMILES string of the molecule is O=C(Nc1ccccc1)N[C@@H]1CCCC[C@H]1CN1CCN(Cc2ccc(F)cc2)C(=O)C1. The van der Waals surface area contributed by atoms with Crippen molar-refractivity contribution in [1.82, 2.24) is 15.1 Å². The molecule has 7 heteroatoms. The van der Waals surface area contributed by atoms with E-state index in [2.05, 4.69) is 15.5 Å². The highest BCUT2D eigenvalue weighted by Gasteiger charge is 2.31. The largest absolute Gasteiger partial charge is 0.336 e. The maximum absolute atomic E-state index is 13.1. The number of nitrogens with one attached hydrogen (secondary N) is 2. The molecule has 1 saturated carbocycles. The fourth-order valence-corrected chi connectivity index (χ4v) is 4.70. The first-order valence-corrected chi connectivity index (χ1v) is 11.4. The zero-order valence-electron chi connectivity index (χ0n) is 18.3. The average Bonchev–Trinajstić information content (AvgIpc) is 2.79. The second-order valence-electron chi connectivity index (χ2n) is 8.79. The molecule has 2 aromatic rings. The predicted octanol–water partition coefficient (Wildman–Crippen LogP) is 3.85. The van der Waals surface area contributed by atoms with Gasteiger partial charge in [-0.25, -0.2) is 9.18 Å². The van der Waals surface area contributed by atoms with Crippen LogP contribution >= 0.6 is 0 Å². The number of benzene rings is 2. The van der Waals surface area contributed by atoms with E-state index in [1.165, 1.54) is 12.1 Å². The summed E-state index contributed by atoms with van der Waals surface area (Å²) in [7, 11) is 0. The fourth-order valence-electron chi connectivity index (χ4n) is 4.70. The lowest BCUT2D eigenvalue weighted by atomic mass is 9.84. The van der Waals surface area contributed by atoms with Gasteiger partial charge in [-0.15, -0.1) is 0 Å². The number of rotatable bonds is 6. The number of anilines is 1. The van der Waals surface area contributed by atoms with Crippen LogP contribution in [-0.4, -0.2) is 54.0 Å². The molecule has 1 aliphatic carbocycles. The van der Waals surface area contributed by atoms with Crippen LogP contribution in [0.1, 0.15) is 31.2 Å². The molecule has 0 spiro atoms. The molecule has 0 aromatic heterocycles. The number of carbonyl (C=O) groups is 2. The van der Waals surface area contributed by atoms with Gasteiger partial charge in [-0.05, 0) is 48.6 Å².